The molecule has 0 unspecified atom stereocenters. The first kappa shape index (κ1) is 20.5. The fourth-order valence-electron chi connectivity index (χ4n) is 3.19. The third-order valence-electron chi connectivity index (χ3n) is 4.88. The maximum absolute atomic E-state index is 12.7. The van der Waals surface area contributed by atoms with Crippen LogP contribution in [0.4, 0.5) is 11.6 Å². The van der Waals surface area contributed by atoms with Crippen LogP contribution in [0.1, 0.15) is 34.9 Å². The Bertz CT molecular complexity index is 1070. The molecule has 0 aliphatic carbocycles. The predicted octanol–water partition coefficient (Wildman–Crippen LogP) is 1.22. The second-order valence-electron chi connectivity index (χ2n) is 6.91. The lowest BCUT2D eigenvalue weighted by atomic mass is 10.2. The number of rotatable bonds is 7. The average Bonchev–Trinajstić information content (AvgIpc) is 3.46. The molecule has 31 heavy (non-hydrogen) atoms. The summed E-state index contributed by atoms with van der Waals surface area (Å²) in [5.41, 5.74) is 1.20. The summed E-state index contributed by atoms with van der Waals surface area (Å²) in [6.45, 7) is 4.48. The van der Waals surface area contributed by atoms with Gasteiger partial charge in [-0.15, -0.1) is 0 Å². The maximum atomic E-state index is 12.7. The molecule has 1 atom stereocenters. The van der Waals surface area contributed by atoms with Gasteiger partial charge in [0, 0.05) is 38.5 Å². The van der Waals surface area contributed by atoms with Crippen LogP contribution in [-0.2, 0) is 4.74 Å². The second-order valence-corrected chi connectivity index (χ2v) is 6.91. The van der Waals surface area contributed by atoms with Crippen molar-refractivity contribution >= 4 is 23.8 Å². The van der Waals surface area contributed by atoms with Crippen molar-refractivity contribution in [1.82, 2.24) is 30.4 Å². The molecule has 0 saturated carbocycles. The smallest absolute Gasteiger partial charge is 0.270 e. The lowest BCUT2D eigenvalue weighted by Gasteiger charge is -2.27. The van der Waals surface area contributed by atoms with Gasteiger partial charge in [-0.2, -0.15) is 0 Å². The second kappa shape index (κ2) is 8.92. The number of aromatic nitrogens is 5. The first-order chi connectivity index (χ1) is 15.1. The number of hydrogen-bond donors (Lipinski definition) is 4. The fourth-order valence-corrected chi connectivity index (χ4v) is 3.19. The fraction of sp³-hybridized carbons (Fsp3) is 0.368. The molecule has 1 amide bonds. The Hall–Kier alpha value is -3.80. The van der Waals surface area contributed by atoms with Gasteiger partial charge in [0.2, 0.25) is 0 Å². The van der Waals surface area contributed by atoms with E-state index < -0.39 is 6.04 Å². The van der Waals surface area contributed by atoms with Crippen molar-refractivity contribution in [2.24, 2.45) is 0 Å². The first-order valence-corrected chi connectivity index (χ1v) is 9.80. The minimum Gasteiger partial charge on any atom is -0.378 e. The van der Waals surface area contributed by atoms with E-state index in [-0.39, 0.29) is 11.6 Å². The maximum Gasteiger partial charge on any atom is 0.270 e. The first-order valence-electron chi connectivity index (χ1n) is 9.80. The molecule has 12 nitrogen and oxygen atoms in total. The number of imidazole rings is 1. The van der Waals surface area contributed by atoms with Gasteiger partial charge in [-0.05, 0) is 6.92 Å². The van der Waals surface area contributed by atoms with E-state index in [1.54, 1.807) is 26.1 Å². The van der Waals surface area contributed by atoms with Gasteiger partial charge < -0.3 is 35.2 Å². The number of carbonyl (C=O) groups is 1. The number of ether oxygens (including phenoxy) is 1. The monoisotopic (exact) mass is 425 g/mol. The number of H-pyrrole nitrogens is 1. The molecule has 0 aromatic carbocycles. The van der Waals surface area contributed by atoms with E-state index in [2.05, 4.69) is 40.6 Å². The van der Waals surface area contributed by atoms with Gasteiger partial charge in [-0.3, -0.25) is 4.79 Å². The van der Waals surface area contributed by atoms with Gasteiger partial charge in [0.1, 0.15) is 35.0 Å². The molecule has 0 radical (unpaired) electrons. The van der Waals surface area contributed by atoms with E-state index >= 15 is 0 Å². The molecule has 162 valence electrons. The molecule has 1 saturated heterocycles. The minimum atomic E-state index is -0.448. The third-order valence-corrected chi connectivity index (χ3v) is 4.88. The van der Waals surface area contributed by atoms with Crippen LogP contribution in [-0.4, -0.2) is 70.6 Å². The van der Waals surface area contributed by atoms with Crippen LogP contribution in [0.3, 0.4) is 0 Å². The Labute approximate surface area is 177 Å². The molecule has 3 aromatic heterocycles. The number of amides is 1. The van der Waals surface area contributed by atoms with Crippen LogP contribution in [0.15, 0.2) is 23.0 Å². The van der Waals surface area contributed by atoms with E-state index in [0.717, 1.165) is 19.3 Å². The highest BCUT2D eigenvalue weighted by Crippen LogP contribution is 2.23. The Morgan fingerprint density at radius 2 is 2.13 bits per heavy atom. The van der Waals surface area contributed by atoms with Crippen molar-refractivity contribution in [1.29, 1.82) is 5.41 Å². The Balaban J connectivity index is 1.45. The third kappa shape index (κ3) is 4.38. The van der Waals surface area contributed by atoms with Gasteiger partial charge in [-0.25, -0.2) is 15.0 Å². The molecular weight excluding hydrogens is 402 g/mol. The zero-order valence-corrected chi connectivity index (χ0v) is 17.2. The van der Waals surface area contributed by atoms with Crippen LogP contribution in [0.25, 0.3) is 11.5 Å². The van der Waals surface area contributed by atoms with Gasteiger partial charge in [0.25, 0.3) is 5.91 Å². The normalized spacial score (nSPS) is 14.8. The van der Waals surface area contributed by atoms with Crippen LogP contribution in [0, 0.1) is 5.41 Å². The van der Waals surface area contributed by atoms with E-state index in [4.69, 9.17) is 14.7 Å². The molecule has 3 aromatic rings. The lowest BCUT2D eigenvalue weighted by Crippen LogP contribution is -2.37. The highest BCUT2D eigenvalue weighted by Gasteiger charge is 2.20. The van der Waals surface area contributed by atoms with Crippen LogP contribution >= 0.6 is 0 Å². The Morgan fingerprint density at radius 3 is 2.84 bits per heavy atom. The molecule has 4 heterocycles. The molecule has 4 N–H and O–H groups in total. The quantitative estimate of drug-likeness (QED) is 0.408. The van der Waals surface area contributed by atoms with Gasteiger partial charge in [0.15, 0.2) is 11.6 Å². The van der Waals surface area contributed by atoms with E-state index in [0.29, 0.717) is 47.8 Å². The van der Waals surface area contributed by atoms with E-state index in [1.807, 2.05) is 0 Å². The summed E-state index contributed by atoms with van der Waals surface area (Å²) in [5.74, 6) is 1.88. The summed E-state index contributed by atoms with van der Waals surface area (Å²) in [4.78, 5) is 30.5. The molecule has 0 bridgehead atoms. The van der Waals surface area contributed by atoms with Gasteiger partial charge in [0.05, 0.1) is 19.3 Å². The molecule has 1 fully saturated rings. The Morgan fingerprint density at radius 1 is 1.32 bits per heavy atom. The zero-order chi connectivity index (χ0) is 21.8. The van der Waals surface area contributed by atoms with Gasteiger partial charge in [-0.1, -0.05) is 5.16 Å². The number of hydrogen-bond acceptors (Lipinski definition) is 10. The number of aromatic amines is 1. The standard InChI is InChI=1S/C19H23N9O3/c1-11(15-7-12(27-31-15)18-25-14(9-20)17(21-2)26-18)24-19(29)13-8-16(23-10-22-13)28-3-5-30-6-4-28/h7-11,20-21H,3-6H2,1-2H3,(H,24,29)(H,25,26)/t11-/m1/s1. The summed E-state index contributed by atoms with van der Waals surface area (Å²) >= 11 is 0. The number of nitrogens with zero attached hydrogens (tertiary/aromatic N) is 5. The van der Waals surface area contributed by atoms with Crippen molar-refractivity contribution in [3.8, 4) is 11.5 Å². The topological polar surface area (TPSA) is 158 Å². The number of anilines is 2. The number of carbonyl (C=O) groups excluding carboxylic acids is 1. The molecular formula is C19H23N9O3. The van der Waals surface area contributed by atoms with E-state index in [1.165, 1.54) is 6.33 Å². The summed E-state index contributed by atoms with van der Waals surface area (Å²) < 4.78 is 10.7. The average molecular weight is 425 g/mol. The summed E-state index contributed by atoms with van der Waals surface area (Å²) in [6, 6.07) is 2.91. The largest absolute Gasteiger partial charge is 0.378 e. The molecule has 4 rings (SSSR count). The SMILES string of the molecule is CNc1[nH]c(-c2cc([C@@H](C)NC(=O)c3cc(N4CCOCC4)ncn3)on2)nc1C=N. The number of nitrogens with one attached hydrogen (secondary N) is 4. The molecule has 1 aliphatic rings. The lowest BCUT2D eigenvalue weighted by molar-refractivity contribution is 0.0928. The van der Waals surface area contributed by atoms with Crippen molar-refractivity contribution in [2.75, 3.05) is 43.6 Å². The van der Waals surface area contributed by atoms with Gasteiger partial charge >= 0.3 is 0 Å². The summed E-state index contributed by atoms with van der Waals surface area (Å²) in [6.07, 6.45) is 2.52. The van der Waals surface area contributed by atoms with Crippen LogP contribution in [0.2, 0.25) is 0 Å². The summed E-state index contributed by atoms with van der Waals surface area (Å²) in [7, 11) is 1.73. The van der Waals surface area contributed by atoms with Crippen molar-refractivity contribution < 1.29 is 14.1 Å². The molecule has 1 aliphatic heterocycles. The number of morpholine rings is 1. The van der Waals surface area contributed by atoms with Crippen molar-refractivity contribution in [3.05, 3.63) is 35.6 Å². The van der Waals surface area contributed by atoms with Crippen LogP contribution < -0.4 is 15.5 Å². The molecule has 0 spiro atoms. The van der Waals surface area contributed by atoms with Crippen molar-refractivity contribution in [3.63, 3.8) is 0 Å². The van der Waals surface area contributed by atoms with Crippen LogP contribution in [0.5, 0.6) is 0 Å². The van der Waals surface area contributed by atoms with E-state index in [9.17, 15) is 4.79 Å². The highest BCUT2D eigenvalue weighted by atomic mass is 16.5. The highest BCUT2D eigenvalue weighted by molar-refractivity contribution is 5.93. The Kier molecular flexibility index (Phi) is 5.89. The predicted molar refractivity (Wildman–Crippen MR) is 112 cm³/mol. The van der Waals surface area contributed by atoms with Crippen molar-refractivity contribution in [2.45, 2.75) is 13.0 Å². The molecule has 12 heteroatoms. The zero-order valence-electron chi connectivity index (χ0n) is 17.2. The summed E-state index contributed by atoms with van der Waals surface area (Å²) in [5, 5.41) is 17.2. The minimum absolute atomic E-state index is 0.267.